The maximum Gasteiger partial charge on any atom is 0.251 e. The number of nitrogens with zero attached hydrogens (tertiary/aromatic N) is 2. The lowest BCUT2D eigenvalue weighted by molar-refractivity contribution is 0.0953. The number of amides is 1. The van der Waals surface area contributed by atoms with Gasteiger partial charge in [0, 0.05) is 31.0 Å². The van der Waals surface area contributed by atoms with Crippen LogP contribution in [0.2, 0.25) is 0 Å². The van der Waals surface area contributed by atoms with E-state index in [0.717, 1.165) is 30.9 Å². The lowest BCUT2D eigenvalue weighted by atomic mass is 10.2. The summed E-state index contributed by atoms with van der Waals surface area (Å²) in [4.78, 5) is 16.8. The second-order valence-electron chi connectivity index (χ2n) is 6.53. The Labute approximate surface area is 159 Å². The summed E-state index contributed by atoms with van der Waals surface area (Å²) in [5, 5.41) is 6.17. The largest absolute Gasteiger partial charge is 0.487 e. The molecule has 2 heterocycles. The quantitative estimate of drug-likeness (QED) is 0.572. The highest BCUT2D eigenvalue weighted by molar-refractivity contribution is 5.94. The first-order valence-electron chi connectivity index (χ1n) is 9.31. The first kappa shape index (κ1) is 18.9. The number of hydrogen-bond acceptors (Lipinski definition) is 4. The molecule has 1 amide bonds. The van der Waals surface area contributed by atoms with Gasteiger partial charge < -0.3 is 19.8 Å². The molecule has 0 aliphatic heterocycles. The molecule has 6 nitrogen and oxygen atoms in total. The zero-order chi connectivity index (χ0) is 19.1. The predicted octanol–water partition coefficient (Wildman–Crippen LogP) is 2.95. The van der Waals surface area contributed by atoms with E-state index in [0.29, 0.717) is 24.5 Å². The van der Waals surface area contributed by atoms with Gasteiger partial charge in [-0.2, -0.15) is 0 Å². The molecule has 0 radical (unpaired) electrons. The van der Waals surface area contributed by atoms with Crippen LogP contribution in [0.25, 0.3) is 5.65 Å². The topological polar surface area (TPSA) is 67.7 Å². The Kier molecular flexibility index (Phi) is 6.44. The van der Waals surface area contributed by atoms with Gasteiger partial charge >= 0.3 is 0 Å². The van der Waals surface area contributed by atoms with E-state index in [1.54, 1.807) is 12.1 Å². The SMILES string of the molecule is CCCNCCNC(=O)c1cccc(OCc2cn3cc(C)ccc3n2)c1. The molecule has 0 aliphatic carbocycles. The normalized spacial score (nSPS) is 10.9. The minimum atomic E-state index is -0.0954. The van der Waals surface area contributed by atoms with E-state index in [1.807, 2.05) is 48.0 Å². The molecule has 0 atom stereocenters. The number of aromatic nitrogens is 2. The molecule has 0 saturated heterocycles. The van der Waals surface area contributed by atoms with Gasteiger partial charge in [0.25, 0.3) is 5.91 Å². The van der Waals surface area contributed by atoms with Crippen LogP contribution in [0.5, 0.6) is 5.75 Å². The average molecular weight is 366 g/mol. The van der Waals surface area contributed by atoms with Crippen molar-refractivity contribution in [3.63, 3.8) is 0 Å². The third kappa shape index (κ3) is 5.31. The Hall–Kier alpha value is -2.86. The molecule has 2 N–H and O–H groups in total. The minimum Gasteiger partial charge on any atom is -0.487 e. The van der Waals surface area contributed by atoms with Crippen LogP contribution in [0.3, 0.4) is 0 Å². The Morgan fingerprint density at radius 3 is 2.89 bits per heavy atom. The first-order chi connectivity index (χ1) is 13.2. The molecule has 0 fully saturated rings. The molecule has 0 bridgehead atoms. The zero-order valence-corrected chi connectivity index (χ0v) is 15.9. The van der Waals surface area contributed by atoms with Gasteiger partial charge in [-0.05, 0) is 49.7 Å². The van der Waals surface area contributed by atoms with E-state index in [2.05, 4.69) is 22.5 Å². The molecule has 3 rings (SSSR count). The van der Waals surface area contributed by atoms with E-state index >= 15 is 0 Å². The first-order valence-corrected chi connectivity index (χ1v) is 9.31. The highest BCUT2D eigenvalue weighted by Crippen LogP contribution is 2.16. The smallest absolute Gasteiger partial charge is 0.251 e. The number of imidazole rings is 1. The third-order valence-electron chi connectivity index (χ3n) is 4.15. The standard InChI is InChI=1S/C21H26N4O2/c1-3-9-22-10-11-23-21(26)17-5-4-6-19(12-17)27-15-18-14-25-13-16(2)7-8-20(25)24-18/h4-8,12-14,22H,3,9-11,15H2,1-2H3,(H,23,26). The third-order valence-corrected chi connectivity index (χ3v) is 4.15. The second-order valence-corrected chi connectivity index (χ2v) is 6.53. The summed E-state index contributed by atoms with van der Waals surface area (Å²) in [6, 6.07) is 11.2. The summed E-state index contributed by atoms with van der Waals surface area (Å²) < 4.78 is 7.82. The summed E-state index contributed by atoms with van der Waals surface area (Å²) in [5.74, 6) is 0.557. The van der Waals surface area contributed by atoms with Gasteiger partial charge in [-0.1, -0.05) is 19.1 Å². The fraction of sp³-hybridized carbons (Fsp3) is 0.333. The van der Waals surface area contributed by atoms with Crippen molar-refractivity contribution in [3.05, 3.63) is 65.6 Å². The fourth-order valence-corrected chi connectivity index (χ4v) is 2.78. The molecule has 0 spiro atoms. The van der Waals surface area contributed by atoms with Crippen molar-refractivity contribution in [2.45, 2.75) is 26.9 Å². The molecule has 142 valence electrons. The van der Waals surface area contributed by atoms with Crippen molar-refractivity contribution < 1.29 is 9.53 Å². The maximum atomic E-state index is 12.2. The predicted molar refractivity (Wildman–Crippen MR) is 106 cm³/mol. The van der Waals surface area contributed by atoms with Gasteiger partial charge in [0.1, 0.15) is 18.0 Å². The number of benzene rings is 1. The molecular weight excluding hydrogens is 340 g/mol. The van der Waals surface area contributed by atoms with Gasteiger partial charge in [0.2, 0.25) is 0 Å². The molecule has 0 saturated carbocycles. The Bertz CT molecular complexity index is 904. The summed E-state index contributed by atoms with van der Waals surface area (Å²) in [6.45, 7) is 6.85. The molecule has 0 aliphatic rings. The number of rotatable bonds is 9. The van der Waals surface area contributed by atoms with E-state index < -0.39 is 0 Å². The number of nitrogens with one attached hydrogen (secondary N) is 2. The molecule has 27 heavy (non-hydrogen) atoms. The highest BCUT2D eigenvalue weighted by atomic mass is 16.5. The maximum absolute atomic E-state index is 12.2. The monoisotopic (exact) mass is 366 g/mol. The number of ether oxygens (including phenoxy) is 1. The average Bonchev–Trinajstić information content (AvgIpc) is 3.08. The van der Waals surface area contributed by atoms with E-state index in [9.17, 15) is 4.79 Å². The van der Waals surface area contributed by atoms with Crippen LogP contribution in [0.4, 0.5) is 0 Å². The Morgan fingerprint density at radius 1 is 1.15 bits per heavy atom. The van der Waals surface area contributed by atoms with Crippen LogP contribution in [-0.4, -0.2) is 34.9 Å². The van der Waals surface area contributed by atoms with Crippen LogP contribution in [0.15, 0.2) is 48.8 Å². The summed E-state index contributed by atoms with van der Waals surface area (Å²) in [5.41, 5.74) is 3.51. The number of hydrogen-bond donors (Lipinski definition) is 2. The highest BCUT2D eigenvalue weighted by Gasteiger charge is 2.07. The van der Waals surface area contributed by atoms with Crippen LogP contribution in [0.1, 0.15) is 35.0 Å². The van der Waals surface area contributed by atoms with E-state index in [1.165, 1.54) is 5.56 Å². The van der Waals surface area contributed by atoms with Crippen molar-refractivity contribution in [2.24, 2.45) is 0 Å². The van der Waals surface area contributed by atoms with Crippen LogP contribution >= 0.6 is 0 Å². The van der Waals surface area contributed by atoms with Gasteiger partial charge in [0.05, 0.1) is 5.69 Å². The van der Waals surface area contributed by atoms with Crippen LogP contribution in [0, 0.1) is 6.92 Å². The van der Waals surface area contributed by atoms with Gasteiger partial charge in [0.15, 0.2) is 0 Å². The molecule has 6 heteroatoms. The lowest BCUT2D eigenvalue weighted by Crippen LogP contribution is -2.32. The van der Waals surface area contributed by atoms with Crippen molar-refractivity contribution >= 4 is 11.6 Å². The van der Waals surface area contributed by atoms with Crippen molar-refractivity contribution in [1.82, 2.24) is 20.0 Å². The minimum absolute atomic E-state index is 0.0954. The number of aryl methyl sites for hydroxylation is 1. The molecule has 1 aromatic carbocycles. The Balaban J connectivity index is 1.55. The summed E-state index contributed by atoms with van der Waals surface area (Å²) in [7, 11) is 0. The van der Waals surface area contributed by atoms with Gasteiger partial charge in [-0.25, -0.2) is 4.98 Å². The second kappa shape index (κ2) is 9.19. The lowest BCUT2D eigenvalue weighted by Gasteiger charge is -2.08. The Morgan fingerprint density at radius 2 is 2.04 bits per heavy atom. The molecule has 2 aromatic heterocycles. The summed E-state index contributed by atoms with van der Waals surface area (Å²) >= 11 is 0. The summed E-state index contributed by atoms with van der Waals surface area (Å²) in [6.07, 6.45) is 5.08. The van der Waals surface area contributed by atoms with Gasteiger partial charge in [-0.3, -0.25) is 4.79 Å². The van der Waals surface area contributed by atoms with E-state index in [4.69, 9.17) is 4.74 Å². The van der Waals surface area contributed by atoms with Crippen LogP contribution in [-0.2, 0) is 6.61 Å². The van der Waals surface area contributed by atoms with E-state index in [-0.39, 0.29) is 5.91 Å². The van der Waals surface area contributed by atoms with Crippen LogP contribution < -0.4 is 15.4 Å². The number of fused-ring (bicyclic) bond motifs is 1. The molecule has 0 unspecified atom stereocenters. The van der Waals surface area contributed by atoms with Crippen molar-refractivity contribution in [1.29, 1.82) is 0 Å². The number of carbonyl (C=O) groups is 1. The zero-order valence-electron chi connectivity index (χ0n) is 15.9. The number of carbonyl (C=O) groups excluding carboxylic acids is 1. The molecule has 3 aromatic rings. The molecular formula is C21H26N4O2. The van der Waals surface area contributed by atoms with Gasteiger partial charge in [-0.15, -0.1) is 0 Å². The van der Waals surface area contributed by atoms with Crippen molar-refractivity contribution in [3.8, 4) is 5.75 Å². The fourth-order valence-electron chi connectivity index (χ4n) is 2.78. The van der Waals surface area contributed by atoms with Crippen molar-refractivity contribution in [2.75, 3.05) is 19.6 Å². The number of pyridine rings is 1.